The van der Waals surface area contributed by atoms with E-state index in [-0.39, 0.29) is 12.5 Å². The van der Waals surface area contributed by atoms with Crippen LogP contribution >= 0.6 is 0 Å². The Bertz CT molecular complexity index is 1090. The van der Waals surface area contributed by atoms with Gasteiger partial charge in [0, 0.05) is 39.0 Å². The minimum absolute atomic E-state index is 0.219. The lowest BCUT2D eigenvalue weighted by Gasteiger charge is -2.34. The number of nitrogens with zero attached hydrogens (tertiary/aromatic N) is 3. The lowest BCUT2D eigenvalue weighted by molar-refractivity contribution is -0.139. The van der Waals surface area contributed by atoms with Gasteiger partial charge in [0.05, 0.1) is 27.9 Å². The van der Waals surface area contributed by atoms with Crippen LogP contribution in [0.1, 0.15) is 37.7 Å². The lowest BCUT2D eigenvalue weighted by Crippen LogP contribution is -2.44. The average molecular weight is 533 g/mol. The van der Waals surface area contributed by atoms with Crippen LogP contribution in [0.25, 0.3) is 0 Å². The molecule has 9 nitrogen and oxygen atoms in total. The van der Waals surface area contributed by atoms with Gasteiger partial charge in [-0.2, -0.15) is 18.4 Å². The maximum Gasteiger partial charge on any atom is 0.417 e. The molecule has 200 valence electrons. The Balaban J connectivity index is 0.000000338. The summed E-state index contributed by atoms with van der Waals surface area (Å²) in [6, 6.07) is 5.51. The van der Waals surface area contributed by atoms with Crippen LogP contribution in [-0.2, 0) is 20.8 Å². The number of rotatable bonds is 5. The van der Waals surface area contributed by atoms with E-state index in [9.17, 15) is 26.4 Å². The summed E-state index contributed by atoms with van der Waals surface area (Å²) in [5, 5.41) is 17.8. The zero-order valence-electron chi connectivity index (χ0n) is 20.2. The average Bonchev–Trinajstić information content (AvgIpc) is 3.40. The van der Waals surface area contributed by atoms with Gasteiger partial charge in [-0.25, -0.2) is 13.2 Å². The fraction of sp³-hybridized carbons (Fsp3) is 0.652. The number of likely N-dealkylation sites (N-methyl/N-ethyl adjacent to an activating group) is 1. The molecule has 36 heavy (non-hydrogen) atoms. The maximum absolute atomic E-state index is 13.7. The first kappa shape index (κ1) is 28.0. The third-order valence-corrected chi connectivity index (χ3v) is 9.14. The standard InChI is InChI=1S/C18H25F3N2O3S.C5H6N2O2/c1-22-7-9-23(10-8-22)13-3-6-17(16(11-13)18(19,20)21)27(24,25)15-5-4-14(12-15)26-2;6-3-5(1-2-5)7-4(8)9/h3,6,11,14-15H,4-5,7-10,12H2,1-2H3;7H,1-2H2,(H,8,9)/t14-,15-;/m0./s1. The molecule has 2 atom stereocenters. The first-order valence-electron chi connectivity index (χ1n) is 11.6. The molecule has 1 amide bonds. The summed E-state index contributed by atoms with van der Waals surface area (Å²) < 4.78 is 72.1. The Morgan fingerprint density at radius 3 is 2.31 bits per heavy atom. The lowest BCUT2D eigenvalue weighted by atomic mass is 10.1. The highest BCUT2D eigenvalue weighted by atomic mass is 32.2. The predicted octanol–water partition coefficient (Wildman–Crippen LogP) is 3.11. The number of ether oxygens (including phenoxy) is 1. The number of carboxylic acid groups (broad SMARTS) is 1. The molecule has 3 fully saturated rings. The van der Waals surface area contributed by atoms with Crippen molar-refractivity contribution >= 4 is 21.6 Å². The highest BCUT2D eigenvalue weighted by Crippen LogP contribution is 2.40. The third kappa shape index (κ3) is 6.60. The van der Waals surface area contributed by atoms with E-state index in [1.807, 2.05) is 18.0 Å². The monoisotopic (exact) mass is 532 g/mol. The molecular weight excluding hydrogens is 501 g/mol. The second-order valence-electron chi connectivity index (χ2n) is 9.43. The summed E-state index contributed by atoms with van der Waals surface area (Å²) >= 11 is 0. The SMILES string of the molecule is CO[C@H]1CC[C@H](S(=O)(=O)c2ccc(N3CCN(C)CC3)cc2C(F)(F)F)C1.N#CC1(NC(=O)O)CC1. The summed E-state index contributed by atoms with van der Waals surface area (Å²) in [7, 11) is -0.625. The fourth-order valence-corrected chi connectivity index (χ4v) is 6.43. The Kier molecular flexibility index (Phi) is 8.42. The highest BCUT2D eigenvalue weighted by Gasteiger charge is 2.45. The number of anilines is 1. The molecule has 2 saturated carbocycles. The molecule has 1 saturated heterocycles. The van der Waals surface area contributed by atoms with E-state index in [0.717, 1.165) is 25.2 Å². The summed E-state index contributed by atoms with van der Waals surface area (Å²) in [5.41, 5.74) is -1.39. The summed E-state index contributed by atoms with van der Waals surface area (Å²) in [5.74, 6) is 0. The van der Waals surface area contributed by atoms with E-state index >= 15 is 0 Å². The van der Waals surface area contributed by atoms with E-state index in [1.165, 1.54) is 13.2 Å². The van der Waals surface area contributed by atoms with Crippen LogP contribution in [0, 0.1) is 11.3 Å². The maximum atomic E-state index is 13.7. The number of nitrogens with one attached hydrogen (secondary N) is 1. The van der Waals surface area contributed by atoms with Crippen LogP contribution in [-0.4, -0.2) is 81.7 Å². The van der Waals surface area contributed by atoms with Crippen molar-refractivity contribution in [1.82, 2.24) is 10.2 Å². The number of piperazine rings is 1. The molecule has 4 rings (SSSR count). The van der Waals surface area contributed by atoms with Crippen molar-refractivity contribution in [3.63, 3.8) is 0 Å². The smallest absolute Gasteiger partial charge is 0.417 e. The number of hydrogen-bond acceptors (Lipinski definition) is 7. The molecule has 2 aliphatic carbocycles. The van der Waals surface area contributed by atoms with Crippen molar-refractivity contribution < 1.29 is 36.2 Å². The second kappa shape index (κ2) is 10.8. The molecule has 1 aromatic carbocycles. The van der Waals surface area contributed by atoms with Crippen LogP contribution in [0.4, 0.5) is 23.7 Å². The highest BCUT2D eigenvalue weighted by molar-refractivity contribution is 7.92. The van der Waals surface area contributed by atoms with E-state index in [1.54, 1.807) is 0 Å². The van der Waals surface area contributed by atoms with E-state index in [4.69, 9.17) is 15.1 Å². The van der Waals surface area contributed by atoms with Gasteiger partial charge in [-0.05, 0) is 57.4 Å². The van der Waals surface area contributed by atoms with Gasteiger partial charge < -0.3 is 25.0 Å². The summed E-state index contributed by atoms with van der Waals surface area (Å²) in [6.45, 7) is 2.72. The van der Waals surface area contributed by atoms with Crippen molar-refractivity contribution in [2.45, 2.75) is 60.1 Å². The topological polar surface area (TPSA) is 123 Å². The molecule has 1 aliphatic heterocycles. The van der Waals surface area contributed by atoms with Crippen LogP contribution < -0.4 is 10.2 Å². The second-order valence-corrected chi connectivity index (χ2v) is 11.6. The van der Waals surface area contributed by atoms with Gasteiger partial charge in [0.25, 0.3) is 0 Å². The van der Waals surface area contributed by atoms with Gasteiger partial charge in [0.15, 0.2) is 9.84 Å². The minimum atomic E-state index is -4.73. The van der Waals surface area contributed by atoms with Crippen molar-refractivity contribution in [2.75, 3.05) is 45.2 Å². The number of sulfone groups is 1. The largest absolute Gasteiger partial charge is 0.465 e. The molecular formula is C23H31F3N4O5S. The first-order valence-corrected chi connectivity index (χ1v) is 13.2. The van der Waals surface area contributed by atoms with Gasteiger partial charge in [-0.3, -0.25) is 0 Å². The quantitative estimate of drug-likeness (QED) is 0.593. The van der Waals surface area contributed by atoms with E-state index < -0.39 is 43.4 Å². The van der Waals surface area contributed by atoms with Crippen LogP contribution in [0.3, 0.4) is 0 Å². The van der Waals surface area contributed by atoms with Crippen LogP contribution in [0.15, 0.2) is 23.1 Å². The van der Waals surface area contributed by atoms with Crippen molar-refractivity contribution in [3.05, 3.63) is 23.8 Å². The van der Waals surface area contributed by atoms with Crippen molar-refractivity contribution in [3.8, 4) is 6.07 Å². The van der Waals surface area contributed by atoms with Crippen LogP contribution in [0.5, 0.6) is 0 Å². The Labute approximate surface area is 208 Å². The van der Waals surface area contributed by atoms with Gasteiger partial charge in [-0.1, -0.05) is 0 Å². The summed E-state index contributed by atoms with van der Waals surface area (Å²) in [6.07, 6.45) is -3.68. The van der Waals surface area contributed by atoms with Gasteiger partial charge in [0.2, 0.25) is 0 Å². The molecule has 3 aliphatic rings. The number of amides is 1. The molecule has 2 N–H and O–H groups in total. The number of halogens is 3. The van der Waals surface area contributed by atoms with Crippen LogP contribution in [0.2, 0.25) is 0 Å². The first-order chi connectivity index (χ1) is 16.8. The number of hydrogen-bond donors (Lipinski definition) is 2. The molecule has 13 heteroatoms. The van der Waals surface area contributed by atoms with Gasteiger partial charge in [-0.15, -0.1) is 0 Å². The number of alkyl halides is 3. The van der Waals surface area contributed by atoms with Crippen molar-refractivity contribution in [2.24, 2.45) is 0 Å². The third-order valence-electron chi connectivity index (χ3n) is 6.86. The fourth-order valence-electron chi connectivity index (χ4n) is 4.42. The molecule has 1 heterocycles. The van der Waals surface area contributed by atoms with Gasteiger partial charge in [0.1, 0.15) is 5.54 Å². The molecule has 0 radical (unpaired) electrons. The Morgan fingerprint density at radius 1 is 1.22 bits per heavy atom. The summed E-state index contributed by atoms with van der Waals surface area (Å²) in [4.78, 5) is 13.3. The van der Waals surface area contributed by atoms with E-state index in [0.29, 0.717) is 44.5 Å². The normalized spacial score (nSPS) is 23.8. The van der Waals surface area contributed by atoms with Crippen molar-refractivity contribution in [1.29, 1.82) is 5.26 Å². The Morgan fingerprint density at radius 2 is 1.86 bits per heavy atom. The molecule has 1 aromatic rings. The molecule has 0 spiro atoms. The zero-order chi connectivity index (χ0) is 26.7. The number of benzene rings is 1. The predicted molar refractivity (Wildman–Crippen MR) is 126 cm³/mol. The van der Waals surface area contributed by atoms with E-state index in [2.05, 4.69) is 10.2 Å². The molecule has 0 aromatic heterocycles. The molecule has 0 bridgehead atoms. The number of methoxy groups -OCH3 is 1. The van der Waals surface area contributed by atoms with Gasteiger partial charge >= 0.3 is 12.3 Å². The number of carbonyl (C=O) groups is 1. The zero-order valence-corrected chi connectivity index (χ0v) is 21.0. The number of nitriles is 1. The minimum Gasteiger partial charge on any atom is -0.465 e. The molecule has 0 unspecified atom stereocenters. The Hall–Kier alpha value is -2.56.